The predicted molar refractivity (Wildman–Crippen MR) is 89.3 cm³/mol. The number of nitrogens with zero attached hydrogens (tertiary/aromatic N) is 2. The molecule has 1 aliphatic rings. The lowest BCUT2D eigenvalue weighted by atomic mass is 9.80. The summed E-state index contributed by atoms with van der Waals surface area (Å²) in [6, 6.07) is 0. The lowest BCUT2D eigenvalue weighted by Gasteiger charge is -2.33. The van der Waals surface area contributed by atoms with Crippen LogP contribution in [0.3, 0.4) is 0 Å². The van der Waals surface area contributed by atoms with Gasteiger partial charge in [-0.3, -0.25) is 14.3 Å². The van der Waals surface area contributed by atoms with Gasteiger partial charge in [0.05, 0.1) is 17.0 Å². The van der Waals surface area contributed by atoms with E-state index >= 15 is 0 Å². The van der Waals surface area contributed by atoms with Crippen LogP contribution in [0.15, 0.2) is 0 Å². The number of hydrogen-bond donors (Lipinski definition) is 2. The van der Waals surface area contributed by atoms with Crippen LogP contribution in [0.25, 0.3) is 0 Å². The number of alkyl halides is 3. The van der Waals surface area contributed by atoms with Gasteiger partial charge in [0.25, 0.3) is 0 Å². The van der Waals surface area contributed by atoms with Gasteiger partial charge in [0.15, 0.2) is 0 Å². The van der Waals surface area contributed by atoms with E-state index in [2.05, 4.69) is 10.4 Å². The molecule has 0 aliphatic carbocycles. The van der Waals surface area contributed by atoms with Gasteiger partial charge < -0.3 is 15.2 Å². The van der Waals surface area contributed by atoms with Gasteiger partial charge >= 0.3 is 12.1 Å². The molecule has 1 saturated heterocycles. The Bertz CT molecular complexity index is 709. The summed E-state index contributed by atoms with van der Waals surface area (Å²) in [4.78, 5) is 24.2. The Morgan fingerprint density at radius 2 is 1.93 bits per heavy atom. The standard InChI is InChI=1S/C17H24F3N3O4/c1-10(13-11(2)22-23(12(13)3)9-17(18,19)20)14(24)21-8-16(15(25)26)4-6-27-7-5-16/h10H,4-9H2,1-3H3,(H,21,24)(H,25,26). The van der Waals surface area contributed by atoms with Crippen LogP contribution in [0.4, 0.5) is 13.2 Å². The van der Waals surface area contributed by atoms with Crippen molar-refractivity contribution in [2.75, 3.05) is 19.8 Å². The average molecular weight is 391 g/mol. The van der Waals surface area contributed by atoms with E-state index in [-0.39, 0.29) is 12.2 Å². The van der Waals surface area contributed by atoms with E-state index in [4.69, 9.17) is 4.74 Å². The Balaban J connectivity index is 2.12. The average Bonchev–Trinajstić information content (AvgIpc) is 2.84. The van der Waals surface area contributed by atoms with Gasteiger partial charge in [0.2, 0.25) is 5.91 Å². The molecule has 27 heavy (non-hydrogen) atoms. The summed E-state index contributed by atoms with van der Waals surface area (Å²) in [6.45, 7) is 3.94. The quantitative estimate of drug-likeness (QED) is 0.775. The number of aromatic nitrogens is 2. The topological polar surface area (TPSA) is 93.5 Å². The minimum Gasteiger partial charge on any atom is -0.481 e. The second-order valence-electron chi connectivity index (χ2n) is 6.99. The first-order chi connectivity index (χ1) is 12.5. The SMILES string of the molecule is Cc1nn(CC(F)(F)F)c(C)c1C(C)C(=O)NCC1(C(=O)O)CCOCC1. The summed E-state index contributed by atoms with van der Waals surface area (Å²) < 4.78 is 44.0. The fraction of sp³-hybridized carbons (Fsp3) is 0.706. The maximum atomic E-state index is 12.7. The number of carbonyl (C=O) groups excluding carboxylic acids is 1. The third kappa shape index (κ3) is 4.79. The number of carbonyl (C=O) groups is 2. The number of carboxylic acids is 1. The van der Waals surface area contributed by atoms with Crippen molar-refractivity contribution < 1.29 is 32.6 Å². The first-order valence-electron chi connectivity index (χ1n) is 8.66. The van der Waals surface area contributed by atoms with E-state index in [1.807, 2.05) is 0 Å². The fourth-order valence-electron chi connectivity index (χ4n) is 3.43. The van der Waals surface area contributed by atoms with E-state index in [9.17, 15) is 27.9 Å². The fourth-order valence-corrected chi connectivity index (χ4v) is 3.43. The summed E-state index contributed by atoms with van der Waals surface area (Å²) in [5.41, 5.74) is -0.0453. The minimum absolute atomic E-state index is 0.0519. The van der Waals surface area contributed by atoms with E-state index in [1.165, 1.54) is 6.92 Å². The summed E-state index contributed by atoms with van der Waals surface area (Å²) in [5, 5.41) is 16.1. The molecule has 1 unspecified atom stereocenters. The van der Waals surface area contributed by atoms with Crippen molar-refractivity contribution in [1.82, 2.24) is 15.1 Å². The summed E-state index contributed by atoms with van der Waals surface area (Å²) in [6.07, 6.45) is -3.83. The second kappa shape index (κ2) is 7.87. The van der Waals surface area contributed by atoms with E-state index < -0.39 is 35.9 Å². The molecule has 0 saturated carbocycles. The monoisotopic (exact) mass is 391 g/mol. The van der Waals surface area contributed by atoms with E-state index in [0.717, 1.165) is 4.68 Å². The van der Waals surface area contributed by atoms with Crippen LogP contribution in [0.1, 0.15) is 42.6 Å². The molecule has 0 spiro atoms. The number of nitrogens with one attached hydrogen (secondary N) is 1. The van der Waals surface area contributed by atoms with Gasteiger partial charge in [-0.05, 0) is 33.6 Å². The normalized spacial score (nSPS) is 18.1. The van der Waals surface area contributed by atoms with Crippen molar-refractivity contribution in [2.45, 2.75) is 52.3 Å². The van der Waals surface area contributed by atoms with Crippen LogP contribution in [-0.4, -0.2) is 52.7 Å². The predicted octanol–water partition coefficient (Wildman–Crippen LogP) is 2.16. The largest absolute Gasteiger partial charge is 0.481 e. The number of carboxylic acid groups (broad SMARTS) is 1. The van der Waals surface area contributed by atoms with E-state index in [1.54, 1.807) is 13.8 Å². The first kappa shape index (κ1) is 21.2. The van der Waals surface area contributed by atoms with Crippen molar-refractivity contribution in [2.24, 2.45) is 5.41 Å². The minimum atomic E-state index is -4.41. The highest BCUT2D eigenvalue weighted by Crippen LogP contribution is 2.31. The van der Waals surface area contributed by atoms with Crippen LogP contribution in [-0.2, 0) is 20.9 Å². The van der Waals surface area contributed by atoms with Crippen molar-refractivity contribution in [3.8, 4) is 0 Å². The van der Waals surface area contributed by atoms with Gasteiger partial charge in [-0.15, -0.1) is 0 Å². The molecular formula is C17H24F3N3O4. The number of aliphatic carboxylic acids is 1. The number of aryl methyl sites for hydroxylation is 1. The molecule has 0 radical (unpaired) electrons. The van der Waals surface area contributed by atoms with Crippen molar-refractivity contribution in [3.05, 3.63) is 17.0 Å². The summed E-state index contributed by atoms with van der Waals surface area (Å²) in [5.74, 6) is -2.19. The first-order valence-corrected chi connectivity index (χ1v) is 8.66. The molecule has 1 amide bonds. The smallest absolute Gasteiger partial charge is 0.408 e. The zero-order chi connectivity index (χ0) is 20.4. The molecule has 2 heterocycles. The highest BCUT2D eigenvalue weighted by atomic mass is 19.4. The summed E-state index contributed by atoms with van der Waals surface area (Å²) in [7, 11) is 0. The molecule has 152 valence electrons. The highest BCUT2D eigenvalue weighted by molar-refractivity contribution is 5.84. The van der Waals surface area contributed by atoms with Crippen molar-refractivity contribution in [3.63, 3.8) is 0 Å². The Hall–Kier alpha value is -2.10. The van der Waals surface area contributed by atoms with Crippen molar-refractivity contribution >= 4 is 11.9 Å². The Morgan fingerprint density at radius 3 is 2.44 bits per heavy atom. The zero-order valence-electron chi connectivity index (χ0n) is 15.5. The summed E-state index contributed by atoms with van der Waals surface area (Å²) >= 11 is 0. The molecule has 10 heteroatoms. The van der Waals surface area contributed by atoms with Crippen molar-refractivity contribution in [1.29, 1.82) is 0 Å². The molecule has 2 rings (SSSR count). The number of ether oxygens (including phenoxy) is 1. The number of rotatable bonds is 6. The lowest BCUT2D eigenvalue weighted by Crippen LogP contribution is -2.47. The van der Waals surface area contributed by atoms with Gasteiger partial charge in [-0.25, -0.2) is 0 Å². The molecule has 7 nitrogen and oxygen atoms in total. The van der Waals surface area contributed by atoms with Crippen LogP contribution >= 0.6 is 0 Å². The molecule has 0 bridgehead atoms. The Morgan fingerprint density at radius 1 is 1.33 bits per heavy atom. The maximum Gasteiger partial charge on any atom is 0.408 e. The lowest BCUT2D eigenvalue weighted by molar-refractivity contribution is -0.154. The second-order valence-corrected chi connectivity index (χ2v) is 6.99. The Labute approximate surface area is 154 Å². The maximum absolute atomic E-state index is 12.7. The van der Waals surface area contributed by atoms with Crippen LogP contribution in [0.2, 0.25) is 0 Å². The number of amides is 1. The third-order valence-electron chi connectivity index (χ3n) is 5.10. The molecule has 1 aromatic rings. The van der Waals surface area contributed by atoms with Gasteiger partial charge in [0, 0.05) is 31.0 Å². The molecule has 1 aliphatic heterocycles. The van der Waals surface area contributed by atoms with Crippen LogP contribution < -0.4 is 5.32 Å². The van der Waals surface area contributed by atoms with E-state index in [0.29, 0.717) is 37.3 Å². The van der Waals surface area contributed by atoms with Gasteiger partial charge in [-0.1, -0.05) is 0 Å². The number of halogens is 3. The number of hydrogen-bond acceptors (Lipinski definition) is 4. The molecule has 1 fully saturated rings. The molecule has 2 N–H and O–H groups in total. The molecular weight excluding hydrogens is 367 g/mol. The van der Waals surface area contributed by atoms with Crippen LogP contribution in [0, 0.1) is 19.3 Å². The molecule has 1 aromatic heterocycles. The van der Waals surface area contributed by atoms with Gasteiger partial charge in [0.1, 0.15) is 6.54 Å². The molecule has 0 aromatic carbocycles. The third-order valence-corrected chi connectivity index (χ3v) is 5.10. The zero-order valence-corrected chi connectivity index (χ0v) is 15.5. The Kier molecular flexibility index (Phi) is 6.18. The molecule has 1 atom stereocenters. The highest BCUT2D eigenvalue weighted by Gasteiger charge is 2.41. The van der Waals surface area contributed by atoms with Gasteiger partial charge in [-0.2, -0.15) is 18.3 Å². The van der Waals surface area contributed by atoms with Crippen LogP contribution in [0.5, 0.6) is 0 Å².